The maximum absolute atomic E-state index is 10.7. The van der Waals surface area contributed by atoms with Crippen LogP contribution >= 0.6 is 11.3 Å². The van der Waals surface area contributed by atoms with Crippen LogP contribution in [0.5, 0.6) is 5.75 Å². The molecule has 0 unspecified atom stereocenters. The largest absolute Gasteiger partial charge is 0.496 e. The fraction of sp³-hybridized carbons (Fsp3) is 0.0909. The Morgan fingerprint density at radius 2 is 2.12 bits per heavy atom. The van der Waals surface area contributed by atoms with Crippen molar-refractivity contribution in [1.82, 2.24) is 0 Å². The molecule has 0 spiro atoms. The van der Waals surface area contributed by atoms with Gasteiger partial charge in [0.15, 0.2) is 0 Å². The van der Waals surface area contributed by atoms with Crippen LogP contribution in [0.1, 0.15) is 0 Å². The maximum atomic E-state index is 10.7. The van der Waals surface area contributed by atoms with Crippen molar-refractivity contribution in [1.29, 1.82) is 0 Å². The number of nitro groups is 1. The second-order valence-electron chi connectivity index (χ2n) is 3.19. The molecule has 0 fully saturated rings. The highest BCUT2D eigenvalue weighted by Crippen LogP contribution is 2.30. The molecule has 16 heavy (non-hydrogen) atoms. The fourth-order valence-corrected chi connectivity index (χ4v) is 2.07. The molecule has 5 heteroatoms. The van der Waals surface area contributed by atoms with Crippen LogP contribution in [0.25, 0.3) is 11.1 Å². The molecule has 1 aromatic carbocycles. The highest BCUT2D eigenvalue weighted by molar-refractivity contribution is 7.08. The van der Waals surface area contributed by atoms with E-state index in [2.05, 4.69) is 0 Å². The number of benzene rings is 1. The van der Waals surface area contributed by atoms with E-state index in [0.717, 1.165) is 11.1 Å². The lowest BCUT2D eigenvalue weighted by molar-refractivity contribution is -0.384. The number of methoxy groups -OCH3 is 1. The summed E-state index contributed by atoms with van der Waals surface area (Å²) < 4.78 is 5.04. The average molecular weight is 235 g/mol. The topological polar surface area (TPSA) is 52.4 Å². The Bertz CT molecular complexity index is 508. The van der Waals surface area contributed by atoms with E-state index in [-0.39, 0.29) is 5.69 Å². The quantitative estimate of drug-likeness (QED) is 0.605. The molecule has 0 saturated heterocycles. The van der Waals surface area contributed by atoms with E-state index in [1.54, 1.807) is 23.5 Å². The van der Waals surface area contributed by atoms with Crippen molar-refractivity contribution >= 4 is 17.0 Å². The first-order chi connectivity index (χ1) is 7.70. The van der Waals surface area contributed by atoms with Crippen molar-refractivity contribution < 1.29 is 9.66 Å². The van der Waals surface area contributed by atoms with E-state index < -0.39 is 4.92 Å². The number of rotatable bonds is 3. The summed E-state index contributed by atoms with van der Waals surface area (Å²) in [7, 11) is 1.50. The third kappa shape index (κ3) is 2.04. The molecule has 0 amide bonds. The van der Waals surface area contributed by atoms with Crippen LogP contribution in [-0.4, -0.2) is 12.0 Å². The Hall–Kier alpha value is -1.88. The van der Waals surface area contributed by atoms with Crippen molar-refractivity contribution in [3.8, 4) is 16.9 Å². The molecule has 2 aromatic rings. The SMILES string of the molecule is COc1cc(-c2ccsc2)cc([N+](=O)[O-])c1. The van der Waals surface area contributed by atoms with Crippen LogP contribution in [0.2, 0.25) is 0 Å². The lowest BCUT2D eigenvalue weighted by atomic mass is 10.1. The van der Waals surface area contributed by atoms with Crippen molar-refractivity contribution in [2.24, 2.45) is 0 Å². The third-order valence-electron chi connectivity index (χ3n) is 2.19. The Morgan fingerprint density at radius 3 is 2.69 bits per heavy atom. The Kier molecular flexibility index (Phi) is 2.87. The minimum Gasteiger partial charge on any atom is -0.496 e. The summed E-state index contributed by atoms with van der Waals surface area (Å²) in [5.41, 5.74) is 1.81. The van der Waals surface area contributed by atoms with Gasteiger partial charge in [0.1, 0.15) is 5.75 Å². The smallest absolute Gasteiger partial charge is 0.273 e. The normalized spacial score (nSPS) is 10.1. The van der Waals surface area contributed by atoms with Crippen LogP contribution in [0.4, 0.5) is 5.69 Å². The van der Waals surface area contributed by atoms with Crippen LogP contribution in [0.3, 0.4) is 0 Å². The number of hydrogen-bond acceptors (Lipinski definition) is 4. The molecule has 0 aliphatic carbocycles. The van der Waals surface area contributed by atoms with E-state index >= 15 is 0 Å². The zero-order valence-corrected chi connectivity index (χ0v) is 9.36. The molecular formula is C11H9NO3S. The molecule has 0 saturated carbocycles. The Morgan fingerprint density at radius 1 is 1.31 bits per heavy atom. The molecular weight excluding hydrogens is 226 g/mol. The highest BCUT2D eigenvalue weighted by Gasteiger charge is 2.11. The number of non-ortho nitro benzene ring substituents is 1. The Labute approximate surface area is 96.3 Å². The van der Waals surface area contributed by atoms with Crippen molar-refractivity contribution in [2.45, 2.75) is 0 Å². The minimum absolute atomic E-state index is 0.0422. The number of nitro benzene ring substituents is 1. The number of hydrogen-bond donors (Lipinski definition) is 0. The fourth-order valence-electron chi connectivity index (χ4n) is 1.40. The van der Waals surface area contributed by atoms with Gasteiger partial charge in [-0.25, -0.2) is 0 Å². The van der Waals surface area contributed by atoms with Crippen LogP contribution in [0, 0.1) is 10.1 Å². The molecule has 0 bridgehead atoms. The lowest BCUT2D eigenvalue weighted by Crippen LogP contribution is -1.91. The predicted octanol–water partition coefficient (Wildman–Crippen LogP) is 3.33. The van der Waals surface area contributed by atoms with Gasteiger partial charge in [0.05, 0.1) is 18.1 Å². The van der Waals surface area contributed by atoms with Gasteiger partial charge in [0, 0.05) is 6.07 Å². The first-order valence-electron chi connectivity index (χ1n) is 4.57. The van der Waals surface area contributed by atoms with E-state index in [1.807, 2.05) is 16.8 Å². The molecule has 82 valence electrons. The Balaban J connectivity index is 2.53. The molecule has 0 radical (unpaired) electrons. The summed E-state index contributed by atoms with van der Waals surface area (Å²) in [6.07, 6.45) is 0. The van der Waals surface area contributed by atoms with Crippen molar-refractivity contribution in [3.05, 3.63) is 45.1 Å². The summed E-state index contributed by atoms with van der Waals surface area (Å²) in [6, 6.07) is 6.67. The first kappa shape index (κ1) is 10.6. The second-order valence-corrected chi connectivity index (χ2v) is 3.97. The van der Waals surface area contributed by atoms with Gasteiger partial charge in [-0.3, -0.25) is 10.1 Å². The lowest BCUT2D eigenvalue weighted by Gasteiger charge is -2.03. The van der Waals surface area contributed by atoms with Gasteiger partial charge in [-0.1, -0.05) is 0 Å². The van der Waals surface area contributed by atoms with Gasteiger partial charge < -0.3 is 4.74 Å². The number of nitrogens with zero attached hydrogens (tertiary/aromatic N) is 1. The number of ether oxygens (including phenoxy) is 1. The molecule has 4 nitrogen and oxygen atoms in total. The summed E-state index contributed by atoms with van der Waals surface area (Å²) in [5.74, 6) is 0.496. The third-order valence-corrected chi connectivity index (χ3v) is 2.88. The predicted molar refractivity (Wildman–Crippen MR) is 63.0 cm³/mol. The molecule has 0 aliphatic rings. The minimum atomic E-state index is -0.418. The van der Waals surface area contributed by atoms with Gasteiger partial charge in [0.2, 0.25) is 0 Å². The van der Waals surface area contributed by atoms with E-state index in [0.29, 0.717) is 5.75 Å². The zero-order chi connectivity index (χ0) is 11.5. The molecule has 0 N–H and O–H groups in total. The average Bonchev–Trinajstić information content (AvgIpc) is 2.81. The molecule has 0 aliphatic heterocycles. The van der Waals surface area contributed by atoms with Crippen LogP contribution in [0.15, 0.2) is 35.0 Å². The molecule has 1 aromatic heterocycles. The summed E-state index contributed by atoms with van der Waals surface area (Å²) in [6.45, 7) is 0. The van der Waals surface area contributed by atoms with Gasteiger partial charge in [-0.2, -0.15) is 11.3 Å². The van der Waals surface area contributed by atoms with Gasteiger partial charge in [-0.05, 0) is 34.0 Å². The summed E-state index contributed by atoms with van der Waals surface area (Å²) >= 11 is 1.55. The van der Waals surface area contributed by atoms with E-state index in [1.165, 1.54) is 13.2 Å². The number of thiophene rings is 1. The molecule has 0 atom stereocenters. The monoisotopic (exact) mass is 235 g/mol. The van der Waals surface area contributed by atoms with Gasteiger partial charge >= 0.3 is 0 Å². The molecule has 1 heterocycles. The van der Waals surface area contributed by atoms with E-state index in [4.69, 9.17) is 4.74 Å². The van der Waals surface area contributed by atoms with Crippen molar-refractivity contribution in [2.75, 3.05) is 7.11 Å². The summed E-state index contributed by atoms with van der Waals surface area (Å²) in [4.78, 5) is 10.3. The van der Waals surface area contributed by atoms with Crippen molar-refractivity contribution in [3.63, 3.8) is 0 Å². The highest BCUT2D eigenvalue weighted by atomic mass is 32.1. The second kappa shape index (κ2) is 4.32. The van der Waals surface area contributed by atoms with E-state index in [9.17, 15) is 10.1 Å². The van der Waals surface area contributed by atoms with Gasteiger partial charge in [0.25, 0.3) is 5.69 Å². The van der Waals surface area contributed by atoms with Crippen LogP contribution in [-0.2, 0) is 0 Å². The standard InChI is InChI=1S/C11H9NO3S/c1-15-11-5-9(8-2-3-16-7-8)4-10(6-11)12(13)14/h2-7H,1H3. The van der Waals surface area contributed by atoms with Crippen LogP contribution < -0.4 is 4.74 Å². The maximum Gasteiger partial charge on any atom is 0.273 e. The zero-order valence-electron chi connectivity index (χ0n) is 8.54. The molecule has 2 rings (SSSR count). The first-order valence-corrected chi connectivity index (χ1v) is 5.51. The van der Waals surface area contributed by atoms with Gasteiger partial charge in [-0.15, -0.1) is 0 Å². The summed E-state index contributed by atoms with van der Waals surface area (Å²) in [5, 5.41) is 14.6.